The van der Waals surface area contributed by atoms with Crippen LogP contribution in [0.4, 0.5) is 5.69 Å². The lowest BCUT2D eigenvalue weighted by Crippen LogP contribution is -2.25. The molecule has 17 heavy (non-hydrogen) atoms. The molecule has 2 rings (SSSR count). The van der Waals surface area contributed by atoms with Crippen molar-refractivity contribution in [3.8, 4) is 5.75 Å². The number of carbonyl (C=O) groups excluding carboxylic acids is 1. The summed E-state index contributed by atoms with van der Waals surface area (Å²) in [7, 11) is 0. The van der Waals surface area contributed by atoms with E-state index in [1.165, 1.54) is 0 Å². The Morgan fingerprint density at radius 3 is 3.12 bits per heavy atom. The molecule has 0 unspecified atom stereocenters. The lowest BCUT2D eigenvalue weighted by atomic mass is 10.1. The summed E-state index contributed by atoms with van der Waals surface area (Å²) in [6, 6.07) is 5.86. The molecule has 92 valence electrons. The van der Waals surface area contributed by atoms with Crippen molar-refractivity contribution in [1.29, 1.82) is 0 Å². The summed E-state index contributed by atoms with van der Waals surface area (Å²) in [6.07, 6.45) is 0.903. The van der Waals surface area contributed by atoms with Crippen molar-refractivity contribution in [2.75, 3.05) is 30.9 Å². The smallest absolute Gasteiger partial charge is 0.262 e. The number of carbonyl (C=O) groups is 1. The number of hydrogen-bond acceptors (Lipinski definition) is 3. The zero-order valence-corrected chi connectivity index (χ0v) is 10.2. The molecule has 4 nitrogen and oxygen atoms in total. The number of nitrogens with one attached hydrogen (secondary N) is 2. The van der Waals surface area contributed by atoms with Crippen molar-refractivity contribution in [3.05, 3.63) is 23.8 Å². The van der Waals surface area contributed by atoms with Gasteiger partial charge in [-0.3, -0.25) is 4.79 Å². The van der Waals surface area contributed by atoms with Crippen LogP contribution in [-0.4, -0.2) is 31.5 Å². The molecule has 0 aromatic heterocycles. The zero-order chi connectivity index (χ0) is 12.1. The first-order valence-electron chi connectivity index (χ1n) is 5.62. The van der Waals surface area contributed by atoms with Gasteiger partial charge in [0.05, 0.1) is 5.69 Å². The maximum Gasteiger partial charge on any atom is 0.262 e. The van der Waals surface area contributed by atoms with Gasteiger partial charge in [0.25, 0.3) is 5.91 Å². The topological polar surface area (TPSA) is 50.4 Å². The second kappa shape index (κ2) is 5.89. The monoisotopic (exact) mass is 254 g/mol. The van der Waals surface area contributed by atoms with Gasteiger partial charge in [-0.2, -0.15) is 0 Å². The highest BCUT2D eigenvalue weighted by atomic mass is 35.5. The Bertz CT molecular complexity index is 409. The third-order valence-electron chi connectivity index (χ3n) is 2.54. The quantitative estimate of drug-likeness (QED) is 0.617. The van der Waals surface area contributed by atoms with Crippen molar-refractivity contribution >= 4 is 23.2 Å². The van der Waals surface area contributed by atoms with Crippen LogP contribution in [0, 0.1) is 0 Å². The Morgan fingerprint density at radius 2 is 2.29 bits per heavy atom. The van der Waals surface area contributed by atoms with Gasteiger partial charge in [0.2, 0.25) is 0 Å². The van der Waals surface area contributed by atoms with E-state index < -0.39 is 0 Å². The highest BCUT2D eigenvalue weighted by Gasteiger charge is 2.15. The minimum absolute atomic E-state index is 0.101. The fraction of sp³-hybridized carbons (Fsp3) is 0.417. The summed E-state index contributed by atoms with van der Waals surface area (Å²) in [5.74, 6) is 1.26. The van der Waals surface area contributed by atoms with Gasteiger partial charge in [-0.25, -0.2) is 0 Å². The van der Waals surface area contributed by atoms with Gasteiger partial charge in [-0.05, 0) is 30.7 Å². The third kappa shape index (κ3) is 3.35. The SMILES string of the molecule is O=C1COc2ccc(CCNCCCl)cc2N1. The van der Waals surface area contributed by atoms with E-state index in [0.717, 1.165) is 36.5 Å². The number of anilines is 1. The molecule has 1 aromatic rings. The van der Waals surface area contributed by atoms with Crippen LogP contribution in [0.3, 0.4) is 0 Å². The summed E-state index contributed by atoms with van der Waals surface area (Å²) in [5, 5.41) is 6.02. The largest absolute Gasteiger partial charge is 0.482 e. The molecular formula is C12H15ClN2O2. The van der Waals surface area contributed by atoms with E-state index in [9.17, 15) is 4.79 Å². The van der Waals surface area contributed by atoms with Crippen molar-refractivity contribution < 1.29 is 9.53 Å². The molecule has 0 saturated heterocycles. The first-order valence-corrected chi connectivity index (χ1v) is 6.15. The number of halogens is 1. The number of amides is 1. The van der Waals surface area contributed by atoms with Crippen molar-refractivity contribution in [3.63, 3.8) is 0 Å². The summed E-state index contributed by atoms with van der Waals surface area (Å²) in [5.41, 5.74) is 1.92. The van der Waals surface area contributed by atoms with Crippen LogP contribution in [0.25, 0.3) is 0 Å². The van der Waals surface area contributed by atoms with Crippen LogP contribution in [0.1, 0.15) is 5.56 Å². The van der Waals surface area contributed by atoms with Gasteiger partial charge in [-0.15, -0.1) is 11.6 Å². The molecule has 0 fully saturated rings. The predicted molar refractivity (Wildman–Crippen MR) is 67.9 cm³/mol. The summed E-state index contributed by atoms with van der Waals surface area (Å²) < 4.78 is 5.29. The van der Waals surface area contributed by atoms with Crippen LogP contribution in [0.15, 0.2) is 18.2 Å². The van der Waals surface area contributed by atoms with Gasteiger partial charge in [0.1, 0.15) is 5.75 Å². The molecule has 0 atom stereocenters. The number of rotatable bonds is 5. The van der Waals surface area contributed by atoms with E-state index in [2.05, 4.69) is 10.6 Å². The van der Waals surface area contributed by atoms with Crippen LogP contribution in [-0.2, 0) is 11.2 Å². The molecule has 0 radical (unpaired) electrons. The van der Waals surface area contributed by atoms with Gasteiger partial charge in [-0.1, -0.05) is 6.07 Å². The number of benzene rings is 1. The molecule has 0 aliphatic carbocycles. The van der Waals surface area contributed by atoms with Crippen LogP contribution < -0.4 is 15.4 Å². The molecule has 0 saturated carbocycles. The zero-order valence-electron chi connectivity index (χ0n) is 9.46. The standard InChI is InChI=1S/C12H15ClN2O2/c13-4-6-14-5-3-9-1-2-11-10(7-9)15-12(16)8-17-11/h1-2,7,14H,3-6,8H2,(H,15,16). The van der Waals surface area contributed by atoms with Crippen molar-refractivity contribution in [2.45, 2.75) is 6.42 Å². The molecule has 5 heteroatoms. The van der Waals surface area contributed by atoms with Crippen molar-refractivity contribution in [1.82, 2.24) is 5.32 Å². The number of ether oxygens (including phenoxy) is 1. The fourth-order valence-corrected chi connectivity index (χ4v) is 1.84. The molecule has 1 aliphatic heterocycles. The molecule has 0 spiro atoms. The Kier molecular flexibility index (Phi) is 4.23. The van der Waals surface area contributed by atoms with Gasteiger partial charge < -0.3 is 15.4 Å². The lowest BCUT2D eigenvalue weighted by molar-refractivity contribution is -0.118. The Morgan fingerprint density at radius 1 is 1.41 bits per heavy atom. The number of alkyl halides is 1. The molecule has 1 aliphatic rings. The van der Waals surface area contributed by atoms with E-state index in [1.54, 1.807) is 0 Å². The highest BCUT2D eigenvalue weighted by Crippen LogP contribution is 2.28. The highest BCUT2D eigenvalue weighted by molar-refractivity contribution is 6.18. The van der Waals surface area contributed by atoms with E-state index >= 15 is 0 Å². The van der Waals surface area contributed by atoms with Gasteiger partial charge >= 0.3 is 0 Å². The number of fused-ring (bicyclic) bond motifs is 1. The number of hydrogen-bond donors (Lipinski definition) is 2. The van der Waals surface area contributed by atoms with Gasteiger partial charge in [0, 0.05) is 12.4 Å². The summed E-state index contributed by atoms with van der Waals surface area (Å²) in [4.78, 5) is 11.2. The first-order chi connectivity index (χ1) is 8.29. The van der Waals surface area contributed by atoms with Crippen LogP contribution >= 0.6 is 11.6 Å². The second-order valence-corrected chi connectivity index (χ2v) is 4.23. The predicted octanol–water partition coefficient (Wildman–Crippen LogP) is 1.39. The minimum Gasteiger partial charge on any atom is -0.482 e. The summed E-state index contributed by atoms with van der Waals surface area (Å²) in [6.45, 7) is 1.79. The van der Waals surface area contributed by atoms with E-state index in [4.69, 9.17) is 16.3 Å². The summed E-state index contributed by atoms with van der Waals surface area (Å²) >= 11 is 5.57. The average Bonchev–Trinajstić information content (AvgIpc) is 2.34. The van der Waals surface area contributed by atoms with Crippen LogP contribution in [0.5, 0.6) is 5.75 Å². The fourth-order valence-electron chi connectivity index (χ4n) is 1.71. The molecule has 1 amide bonds. The minimum atomic E-state index is -0.102. The molecule has 1 heterocycles. The average molecular weight is 255 g/mol. The Labute approximate surface area is 105 Å². The Hall–Kier alpha value is -1.26. The first kappa shape index (κ1) is 12.2. The third-order valence-corrected chi connectivity index (χ3v) is 2.73. The van der Waals surface area contributed by atoms with Gasteiger partial charge in [0.15, 0.2) is 6.61 Å². The maximum atomic E-state index is 11.2. The van der Waals surface area contributed by atoms with E-state index in [-0.39, 0.29) is 12.5 Å². The van der Waals surface area contributed by atoms with E-state index in [1.807, 2.05) is 18.2 Å². The molecule has 0 bridgehead atoms. The lowest BCUT2D eigenvalue weighted by Gasteiger charge is -2.18. The molecule has 1 aromatic carbocycles. The Balaban J connectivity index is 1.95. The second-order valence-electron chi connectivity index (χ2n) is 3.86. The van der Waals surface area contributed by atoms with E-state index in [0.29, 0.717) is 5.88 Å². The normalized spacial score (nSPS) is 13.8. The van der Waals surface area contributed by atoms with Crippen molar-refractivity contribution in [2.24, 2.45) is 0 Å². The van der Waals surface area contributed by atoms with Crippen LogP contribution in [0.2, 0.25) is 0 Å². The maximum absolute atomic E-state index is 11.2. The molecular weight excluding hydrogens is 240 g/mol. The molecule has 2 N–H and O–H groups in total.